The van der Waals surface area contributed by atoms with Crippen LogP contribution in [-0.4, -0.2) is 20.5 Å². The Bertz CT molecular complexity index is 1060. The molecule has 1 N–H and O–H groups in total. The molecule has 0 bridgehead atoms. The van der Waals surface area contributed by atoms with Crippen LogP contribution in [0, 0.1) is 0 Å². The van der Waals surface area contributed by atoms with Crippen molar-refractivity contribution in [3.8, 4) is 10.7 Å². The van der Waals surface area contributed by atoms with Crippen LogP contribution in [0.3, 0.4) is 0 Å². The highest BCUT2D eigenvalue weighted by Gasteiger charge is 2.14. The van der Waals surface area contributed by atoms with E-state index >= 15 is 0 Å². The van der Waals surface area contributed by atoms with Crippen molar-refractivity contribution in [2.75, 3.05) is 0 Å². The maximum Gasteiger partial charge on any atom is 0.261 e. The number of hydrogen-bond acceptors (Lipinski definition) is 4. The van der Waals surface area contributed by atoms with Crippen molar-refractivity contribution in [3.05, 3.63) is 76.3 Å². The molecular formula is C18H13ClN4OS. The number of aromatic nitrogens is 3. The molecule has 124 valence electrons. The smallest absolute Gasteiger partial charge is 0.261 e. The van der Waals surface area contributed by atoms with Crippen molar-refractivity contribution in [2.45, 2.75) is 6.54 Å². The Labute approximate surface area is 152 Å². The monoisotopic (exact) mass is 368 g/mol. The number of nitrogens with zero attached hydrogens (tertiary/aromatic N) is 3. The number of nitrogens with one attached hydrogen (secondary N) is 1. The van der Waals surface area contributed by atoms with E-state index in [0.29, 0.717) is 16.4 Å². The van der Waals surface area contributed by atoms with Crippen LogP contribution >= 0.6 is 22.9 Å². The number of rotatable bonds is 4. The van der Waals surface area contributed by atoms with Gasteiger partial charge in [0, 0.05) is 17.8 Å². The van der Waals surface area contributed by atoms with Gasteiger partial charge < -0.3 is 5.32 Å². The molecule has 7 heteroatoms. The normalized spacial score (nSPS) is 10.9. The van der Waals surface area contributed by atoms with Crippen LogP contribution in [0.25, 0.3) is 16.3 Å². The average molecular weight is 369 g/mol. The van der Waals surface area contributed by atoms with Crippen LogP contribution < -0.4 is 5.32 Å². The molecular weight excluding hydrogens is 356 g/mol. The van der Waals surface area contributed by atoms with Gasteiger partial charge in [0.25, 0.3) is 5.91 Å². The Hall–Kier alpha value is -2.70. The summed E-state index contributed by atoms with van der Waals surface area (Å²) in [5.41, 5.74) is 1.66. The van der Waals surface area contributed by atoms with E-state index in [1.165, 1.54) is 11.3 Å². The summed E-state index contributed by atoms with van der Waals surface area (Å²) >= 11 is 7.50. The molecule has 25 heavy (non-hydrogen) atoms. The fourth-order valence-corrected chi connectivity index (χ4v) is 3.60. The minimum atomic E-state index is -0.134. The number of hydrogen-bond donors (Lipinski definition) is 1. The van der Waals surface area contributed by atoms with E-state index < -0.39 is 0 Å². The van der Waals surface area contributed by atoms with Crippen LogP contribution in [0.1, 0.15) is 15.2 Å². The van der Waals surface area contributed by atoms with Crippen molar-refractivity contribution in [1.29, 1.82) is 0 Å². The molecule has 0 unspecified atom stereocenters. The van der Waals surface area contributed by atoms with Crippen molar-refractivity contribution in [1.82, 2.24) is 19.9 Å². The second-order valence-electron chi connectivity index (χ2n) is 5.39. The van der Waals surface area contributed by atoms with Gasteiger partial charge in [-0.2, -0.15) is 0 Å². The SMILES string of the molecule is O=C(NCc1ccccc1Cl)c1ccc(-c2nnc3ccccn23)s1. The summed E-state index contributed by atoms with van der Waals surface area (Å²) in [6.07, 6.45) is 1.90. The van der Waals surface area contributed by atoms with Crippen molar-refractivity contribution in [3.63, 3.8) is 0 Å². The van der Waals surface area contributed by atoms with Crippen LogP contribution in [-0.2, 0) is 6.54 Å². The maximum absolute atomic E-state index is 12.4. The van der Waals surface area contributed by atoms with E-state index in [4.69, 9.17) is 11.6 Å². The van der Waals surface area contributed by atoms with Crippen molar-refractivity contribution < 1.29 is 4.79 Å². The molecule has 0 saturated carbocycles. The summed E-state index contributed by atoms with van der Waals surface area (Å²) in [4.78, 5) is 13.9. The first-order valence-corrected chi connectivity index (χ1v) is 8.83. The van der Waals surface area contributed by atoms with Gasteiger partial charge in [-0.15, -0.1) is 21.5 Å². The topological polar surface area (TPSA) is 59.3 Å². The van der Waals surface area contributed by atoms with Crippen molar-refractivity contribution in [2.24, 2.45) is 0 Å². The van der Waals surface area contributed by atoms with E-state index in [9.17, 15) is 4.79 Å². The molecule has 0 atom stereocenters. The molecule has 0 radical (unpaired) electrons. The lowest BCUT2D eigenvalue weighted by molar-refractivity contribution is 0.0955. The molecule has 1 aromatic carbocycles. The zero-order valence-electron chi connectivity index (χ0n) is 13.0. The molecule has 1 amide bonds. The number of halogens is 1. The number of thiophene rings is 1. The molecule has 0 aliphatic heterocycles. The minimum Gasteiger partial charge on any atom is -0.347 e. The molecule has 3 heterocycles. The predicted molar refractivity (Wildman–Crippen MR) is 98.9 cm³/mol. The molecule has 0 spiro atoms. The van der Waals surface area contributed by atoms with Crippen LogP contribution in [0.2, 0.25) is 5.02 Å². The van der Waals surface area contributed by atoms with Gasteiger partial charge in [-0.3, -0.25) is 9.20 Å². The quantitative estimate of drug-likeness (QED) is 0.591. The predicted octanol–water partition coefficient (Wildman–Crippen LogP) is 4.04. The number of carbonyl (C=O) groups is 1. The second kappa shape index (κ2) is 6.66. The summed E-state index contributed by atoms with van der Waals surface area (Å²) in [6.45, 7) is 0.388. The van der Waals surface area contributed by atoms with Crippen molar-refractivity contribution >= 4 is 34.5 Å². The highest BCUT2D eigenvalue weighted by atomic mass is 35.5. The number of carbonyl (C=O) groups excluding carboxylic acids is 1. The minimum absolute atomic E-state index is 0.134. The molecule has 0 aliphatic carbocycles. The highest BCUT2D eigenvalue weighted by Crippen LogP contribution is 2.27. The third-order valence-corrected chi connectivity index (χ3v) is 5.21. The number of amides is 1. The molecule has 0 aliphatic rings. The Morgan fingerprint density at radius 1 is 1.08 bits per heavy atom. The highest BCUT2D eigenvalue weighted by molar-refractivity contribution is 7.17. The standard InChI is InChI=1S/C18H13ClN4OS/c19-13-6-2-1-5-12(13)11-20-18(24)15-9-8-14(25-15)17-22-21-16-7-3-4-10-23(16)17/h1-10H,11H2,(H,20,24). The van der Waals surface area contributed by atoms with E-state index in [1.54, 1.807) is 6.07 Å². The summed E-state index contributed by atoms with van der Waals surface area (Å²) in [6, 6.07) is 16.9. The van der Waals surface area contributed by atoms with Gasteiger partial charge in [0.1, 0.15) is 0 Å². The Kier molecular flexibility index (Phi) is 4.21. The number of benzene rings is 1. The number of pyridine rings is 1. The second-order valence-corrected chi connectivity index (χ2v) is 6.88. The van der Waals surface area contributed by atoms with E-state index in [2.05, 4.69) is 15.5 Å². The third kappa shape index (κ3) is 3.14. The van der Waals surface area contributed by atoms with Gasteiger partial charge in [0.2, 0.25) is 0 Å². The van der Waals surface area contributed by atoms with Crippen LogP contribution in [0.5, 0.6) is 0 Å². The molecule has 4 rings (SSSR count). The molecule has 0 saturated heterocycles. The van der Waals surface area contributed by atoms with E-state index in [1.807, 2.05) is 59.1 Å². The zero-order valence-corrected chi connectivity index (χ0v) is 14.6. The summed E-state index contributed by atoms with van der Waals surface area (Å²) in [5, 5.41) is 11.9. The Morgan fingerprint density at radius 2 is 1.92 bits per heavy atom. The summed E-state index contributed by atoms with van der Waals surface area (Å²) < 4.78 is 1.90. The fraction of sp³-hybridized carbons (Fsp3) is 0.0556. The molecule has 0 fully saturated rings. The lowest BCUT2D eigenvalue weighted by Gasteiger charge is -2.05. The van der Waals surface area contributed by atoms with Gasteiger partial charge in [-0.1, -0.05) is 35.9 Å². The average Bonchev–Trinajstić information content (AvgIpc) is 3.27. The van der Waals surface area contributed by atoms with E-state index in [0.717, 1.165) is 21.9 Å². The van der Waals surface area contributed by atoms with Gasteiger partial charge in [0.15, 0.2) is 11.5 Å². The molecule has 5 nitrogen and oxygen atoms in total. The molecule has 4 aromatic rings. The first-order valence-electron chi connectivity index (χ1n) is 7.64. The summed E-state index contributed by atoms with van der Waals surface area (Å²) in [7, 11) is 0. The first kappa shape index (κ1) is 15.8. The van der Waals surface area contributed by atoms with Crippen LogP contribution in [0.4, 0.5) is 0 Å². The third-order valence-electron chi connectivity index (χ3n) is 3.76. The Morgan fingerprint density at radius 3 is 2.80 bits per heavy atom. The Balaban J connectivity index is 1.53. The zero-order chi connectivity index (χ0) is 17.2. The van der Waals surface area contributed by atoms with Gasteiger partial charge >= 0.3 is 0 Å². The lowest BCUT2D eigenvalue weighted by atomic mass is 10.2. The fourth-order valence-electron chi connectivity index (χ4n) is 2.49. The van der Waals surface area contributed by atoms with Gasteiger partial charge in [0.05, 0.1) is 9.75 Å². The van der Waals surface area contributed by atoms with Crippen LogP contribution in [0.15, 0.2) is 60.8 Å². The van der Waals surface area contributed by atoms with Gasteiger partial charge in [-0.25, -0.2) is 0 Å². The first-order chi connectivity index (χ1) is 12.2. The van der Waals surface area contributed by atoms with Gasteiger partial charge in [-0.05, 0) is 35.9 Å². The molecule has 3 aromatic heterocycles. The largest absolute Gasteiger partial charge is 0.347 e. The lowest BCUT2D eigenvalue weighted by Crippen LogP contribution is -2.21. The summed E-state index contributed by atoms with van der Waals surface area (Å²) in [5.74, 6) is 0.593. The maximum atomic E-state index is 12.4. The van der Waals surface area contributed by atoms with E-state index in [-0.39, 0.29) is 5.91 Å². The number of fused-ring (bicyclic) bond motifs is 1.